The minimum Gasteiger partial charge on any atom is -0.493 e. The van der Waals surface area contributed by atoms with E-state index >= 15 is 0 Å². The first-order chi connectivity index (χ1) is 9.61. The van der Waals surface area contributed by atoms with E-state index in [0.717, 1.165) is 0 Å². The molecule has 0 aliphatic rings. The Morgan fingerprint density at radius 3 is 2.50 bits per heavy atom. The molecule has 0 unspecified atom stereocenters. The van der Waals surface area contributed by atoms with Crippen LogP contribution in [0, 0.1) is 0 Å². The molecule has 0 bridgehead atoms. The molecule has 1 aromatic rings. The molecule has 0 spiro atoms. The number of benzene rings is 1. The lowest BCUT2D eigenvalue weighted by Crippen LogP contribution is -2.24. The highest BCUT2D eigenvalue weighted by molar-refractivity contribution is 5.76. The van der Waals surface area contributed by atoms with Crippen LogP contribution in [0.15, 0.2) is 24.3 Å². The van der Waals surface area contributed by atoms with Crippen LogP contribution in [-0.4, -0.2) is 31.6 Å². The standard InChI is InChI=1S/C14H20N2O4/c1-2-16-13(17)7-9-20-14(18)8-10-19-12-5-3-11(15)4-6-12/h3-6H,2,7-10,15H2,1H3,(H,16,17). The quantitative estimate of drug-likeness (QED) is 0.550. The molecule has 20 heavy (non-hydrogen) atoms. The van der Waals surface area contributed by atoms with Crippen molar-refractivity contribution in [2.75, 3.05) is 25.5 Å². The summed E-state index contributed by atoms with van der Waals surface area (Å²) in [5, 5.41) is 2.62. The van der Waals surface area contributed by atoms with E-state index in [0.29, 0.717) is 18.0 Å². The first kappa shape index (κ1) is 15.8. The summed E-state index contributed by atoms with van der Waals surface area (Å²) in [7, 11) is 0. The fraction of sp³-hybridized carbons (Fsp3) is 0.429. The summed E-state index contributed by atoms with van der Waals surface area (Å²) in [6.45, 7) is 2.72. The van der Waals surface area contributed by atoms with Crippen molar-refractivity contribution in [1.29, 1.82) is 0 Å². The summed E-state index contributed by atoms with van der Waals surface area (Å²) < 4.78 is 10.3. The zero-order valence-electron chi connectivity index (χ0n) is 11.6. The lowest BCUT2D eigenvalue weighted by atomic mass is 10.3. The van der Waals surface area contributed by atoms with Crippen molar-refractivity contribution >= 4 is 17.6 Å². The molecule has 110 valence electrons. The Morgan fingerprint density at radius 1 is 1.15 bits per heavy atom. The molecule has 1 rings (SSSR count). The van der Waals surface area contributed by atoms with Gasteiger partial charge in [-0.15, -0.1) is 0 Å². The summed E-state index contributed by atoms with van der Waals surface area (Å²) in [6.07, 6.45) is 0.318. The van der Waals surface area contributed by atoms with Gasteiger partial charge in [-0.2, -0.15) is 0 Å². The van der Waals surface area contributed by atoms with Gasteiger partial charge in [0.25, 0.3) is 0 Å². The van der Waals surface area contributed by atoms with E-state index < -0.39 is 0 Å². The number of nitrogens with two attached hydrogens (primary N) is 1. The topological polar surface area (TPSA) is 90.6 Å². The average Bonchev–Trinajstić information content (AvgIpc) is 2.41. The van der Waals surface area contributed by atoms with Gasteiger partial charge in [0.2, 0.25) is 5.91 Å². The Labute approximate surface area is 118 Å². The highest BCUT2D eigenvalue weighted by atomic mass is 16.5. The SMILES string of the molecule is CCNC(=O)CCOC(=O)CCOc1ccc(N)cc1. The molecule has 0 heterocycles. The van der Waals surface area contributed by atoms with E-state index in [1.165, 1.54) is 0 Å². The van der Waals surface area contributed by atoms with E-state index in [-0.39, 0.29) is 37.9 Å². The Bertz CT molecular complexity index is 431. The van der Waals surface area contributed by atoms with Crippen molar-refractivity contribution in [1.82, 2.24) is 5.32 Å². The van der Waals surface area contributed by atoms with Crippen LogP contribution < -0.4 is 15.8 Å². The molecule has 1 aromatic carbocycles. The van der Waals surface area contributed by atoms with Gasteiger partial charge >= 0.3 is 5.97 Å². The van der Waals surface area contributed by atoms with E-state index in [9.17, 15) is 9.59 Å². The van der Waals surface area contributed by atoms with Crippen LogP contribution in [0.1, 0.15) is 19.8 Å². The Balaban J connectivity index is 2.11. The van der Waals surface area contributed by atoms with Gasteiger partial charge in [0.1, 0.15) is 12.4 Å². The third kappa shape index (κ3) is 6.63. The van der Waals surface area contributed by atoms with Gasteiger partial charge < -0.3 is 20.5 Å². The molecule has 6 heteroatoms. The van der Waals surface area contributed by atoms with Crippen molar-refractivity contribution in [3.05, 3.63) is 24.3 Å². The van der Waals surface area contributed by atoms with Crippen molar-refractivity contribution in [3.8, 4) is 5.75 Å². The highest BCUT2D eigenvalue weighted by Crippen LogP contribution is 2.13. The predicted molar refractivity (Wildman–Crippen MR) is 75.2 cm³/mol. The molecule has 0 radical (unpaired) electrons. The third-order valence-electron chi connectivity index (χ3n) is 2.42. The Hall–Kier alpha value is -2.24. The van der Waals surface area contributed by atoms with Gasteiger partial charge in [0, 0.05) is 12.2 Å². The number of rotatable bonds is 8. The van der Waals surface area contributed by atoms with Gasteiger partial charge in [-0.1, -0.05) is 0 Å². The van der Waals surface area contributed by atoms with Crippen LogP contribution in [0.2, 0.25) is 0 Å². The smallest absolute Gasteiger partial charge is 0.309 e. The molecular formula is C14H20N2O4. The molecular weight excluding hydrogens is 260 g/mol. The number of carbonyl (C=O) groups is 2. The first-order valence-corrected chi connectivity index (χ1v) is 6.52. The molecule has 0 aliphatic heterocycles. The highest BCUT2D eigenvalue weighted by Gasteiger charge is 2.05. The van der Waals surface area contributed by atoms with Crippen molar-refractivity contribution < 1.29 is 19.1 Å². The number of anilines is 1. The van der Waals surface area contributed by atoms with Crippen molar-refractivity contribution in [2.24, 2.45) is 0 Å². The van der Waals surface area contributed by atoms with Gasteiger partial charge in [-0.05, 0) is 31.2 Å². The Morgan fingerprint density at radius 2 is 1.85 bits per heavy atom. The average molecular weight is 280 g/mol. The Kier molecular flexibility index (Phi) is 6.95. The number of hydrogen-bond donors (Lipinski definition) is 2. The van der Waals surface area contributed by atoms with Gasteiger partial charge in [-0.3, -0.25) is 9.59 Å². The fourth-order valence-corrected chi connectivity index (χ4v) is 1.43. The van der Waals surface area contributed by atoms with Crippen LogP contribution >= 0.6 is 0 Å². The molecule has 0 fully saturated rings. The van der Waals surface area contributed by atoms with Crippen LogP contribution in [0.5, 0.6) is 5.75 Å². The minimum absolute atomic E-state index is 0.0898. The maximum atomic E-state index is 11.4. The van der Waals surface area contributed by atoms with E-state index in [2.05, 4.69) is 5.32 Å². The summed E-state index contributed by atoms with van der Waals surface area (Å²) in [6, 6.07) is 6.91. The van der Waals surface area contributed by atoms with Gasteiger partial charge in [-0.25, -0.2) is 0 Å². The number of nitrogens with one attached hydrogen (secondary N) is 1. The second-order valence-electron chi connectivity index (χ2n) is 4.09. The largest absolute Gasteiger partial charge is 0.493 e. The van der Waals surface area contributed by atoms with Crippen molar-refractivity contribution in [2.45, 2.75) is 19.8 Å². The van der Waals surface area contributed by atoms with E-state index in [4.69, 9.17) is 15.2 Å². The minimum atomic E-state index is -0.384. The zero-order valence-corrected chi connectivity index (χ0v) is 11.6. The fourth-order valence-electron chi connectivity index (χ4n) is 1.43. The van der Waals surface area contributed by atoms with Crippen molar-refractivity contribution in [3.63, 3.8) is 0 Å². The van der Waals surface area contributed by atoms with Gasteiger partial charge in [0.05, 0.1) is 19.4 Å². The summed E-state index contributed by atoms with van der Waals surface area (Å²) >= 11 is 0. The summed E-state index contributed by atoms with van der Waals surface area (Å²) in [5.74, 6) is 0.137. The van der Waals surface area contributed by atoms with Crippen LogP contribution in [-0.2, 0) is 14.3 Å². The molecule has 0 saturated heterocycles. The molecule has 1 amide bonds. The number of hydrogen-bond acceptors (Lipinski definition) is 5. The normalized spacial score (nSPS) is 9.85. The number of esters is 1. The predicted octanol–water partition coefficient (Wildman–Crippen LogP) is 1.11. The second-order valence-corrected chi connectivity index (χ2v) is 4.09. The molecule has 0 aromatic heterocycles. The van der Waals surface area contributed by atoms with Crippen LogP contribution in [0.3, 0.4) is 0 Å². The maximum absolute atomic E-state index is 11.4. The lowest BCUT2D eigenvalue weighted by Gasteiger charge is -2.07. The maximum Gasteiger partial charge on any atom is 0.309 e. The molecule has 0 saturated carbocycles. The lowest BCUT2D eigenvalue weighted by molar-refractivity contribution is -0.144. The van der Waals surface area contributed by atoms with Gasteiger partial charge in [0.15, 0.2) is 0 Å². The zero-order chi connectivity index (χ0) is 14.8. The number of ether oxygens (including phenoxy) is 2. The molecule has 0 atom stereocenters. The number of carbonyl (C=O) groups excluding carboxylic acids is 2. The van der Waals surface area contributed by atoms with E-state index in [1.807, 2.05) is 6.92 Å². The van der Waals surface area contributed by atoms with Crippen LogP contribution in [0.25, 0.3) is 0 Å². The summed E-state index contributed by atoms with van der Waals surface area (Å²) in [4.78, 5) is 22.5. The third-order valence-corrected chi connectivity index (χ3v) is 2.42. The van der Waals surface area contributed by atoms with E-state index in [1.54, 1.807) is 24.3 Å². The molecule has 3 N–H and O–H groups in total. The monoisotopic (exact) mass is 280 g/mol. The number of nitrogen functional groups attached to an aromatic ring is 1. The van der Waals surface area contributed by atoms with Crippen LogP contribution in [0.4, 0.5) is 5.69 Å². The molecule has 6 nitrogen and oxygen atoms in total. The second kappa shape index (κ2) is 8.79. The molecule has 0 aliphatic carbocycles. The first-order valence-electron chi connectivity index (χ1n) is 6.52. The number of amides is 1. The summed E-state index contributed by atoms with van der Waals surface area (Å²) in [5.41, 5.74) is 6.20.